The maximum atomic E-state index is 12.4. The number of hydrogen-bond acceptors (Lipinski definition) is 3. The lowest BCUT2D eigenvalue weighted by Gasteiger charge is -2.27. The summed E-state index contributed by atoms with van der Waals surface area (Å²) in [4.78, 5) is 37.7. The minimum Gasteiger partial charge on any atom is -0.348 e. The number of rotatable bonds is 4. The molecule has 1 aromatic carbocycles. The molecule has 1 fully saturated rings. The summed E-state index contributed by atoms with van der Waals surface area (Å²) in [5, 5.41) is 5.64. The molecule has 24 heavy (non-hydrogen) atoms. The average molecular weight is 329 g/mol. The van der Waals surface area contributed by atoms with Gasteiger partial charge in [0, 0.05) is 0 Å². The van der Waals surface area contributed by atoms with Gasteiger partial charge in [-0.1, -0.05) is 31.2 Å². The standard InChI is InChI=1S/C18H23N3O3/c1-3-18(2)16(23)21(17(24)20-18)11-15(22)19-14-10-6-8-12-7-4-5-9-13(12)14/h4-5,7,9,14H,3,6,8,10-11H2,1-2H3,(H,19,22)(H,20,24)/t14-,18+/m0/s1. The maximum Gasteiger partial charge on any atom is 0.325 e. The van der Waals surface area contributed by atoms with E-state index in [1.165, 1.54) is 5.56 Å². The Morgan fingerprint density at radius 1 is 1.38 bits per heavy atom. The highest BCUT2D eigenvalue weighted by Crippen LogP contribution is 2.29. The van der Waals surface area contributed by atoms with Crippen molar-refractivity contribution in [3.05, 3.63) is 35.4 Å². The lowest BCUT2D eigenvalue weighted by atomic mass is 9.88. The third-order valence-electron chi connectivity index (χ3n) is 5.06. The van der Waals surface area contributed by atoms with E-state index in [4.69, 9.17) is 0 Å². The van der Waals surface area contributed by atoms with E-state index in [1.807, 2.05) is 25.1 Å². The van der Waals surface area contributed by atoms with Crippen molar-refractivity contribution in [2.45, 2.75) is 51.1 Å². The zero-order chi connectivity index (χ0) is 17.3. The van der Waals surface area contributed by atoms with Gasteiger partial charge in [-0.3, -0.25) is 14.5 Å². The van der Waals surface area contributed by atoms with Crippen LogP contribution in [-0.4, -0.2) is 34.8 Å². The molecule has 0 spiro atoms. The molecule has 0 radical (unpaired) electrons. The third kappa shape index (κ3) is 2.88. The fraction of sp³-hybridized carbons (Fsp3) is 0.500. The highest BCUT2D eigenvalue weighted by Gasteiger charge is 2.47. The molecule has 128 valence electrons. The molecule has 3 rings (SSSR count). The topological polar surface area (TPSA) is 78.5 Å². The smallest absolute Gasteiger partial charge is 0.325 e. The van der Waals surface area contributed by atoms with Gasteiger partial charge in [0.25, 0.3) is 5.91 Å². The molecule has 0 bridgehead atoms. The number of carbonyl (C=O) groups excluding carboxylic acids is 3. The molecule has 0 saturated carbocycles. The van der Waals surface area contributed by atoms with Crippen molar-refractivity contribution in [3.63, 3.8) is 0 Å². The van der Waals surface area contributed by atoms with Crippen molar-refractivity contribution in [1.82, 2.24) is 15.5 Å². The number of aryl methyl sites for hydroxylation is 1. The van der Waals surface area contributed by atoms with Crippen molar-refractivity contribution in [2.24, 2.45) is 0 Å². The van der Waals surface area contributed by atoms with Crippen LogP contribution in [0.5, 0.6) is 0 Å². The molecule has 1 heterocycles. The molecule has 2 atom stereocenters. The summed E-state index contributed by atoms with van der Waals surface area (Å²) in [5.41, 5.74) is 1.48. The lowest BCUT2D eigenvalue weighted by Crippen LogP contribution is -2.45. The number of nitrogens with one attached hydrogen (secondary N) is 2. The summed E-state index contributed by atoms with van der Waals surface area (Å²) in [6, 6.07) is 7.53. The Labute approximate surface area is 141 Å². The van der Waals surface area contributed by atoms with Crippen LogP contribution in [0, 0.1) is 0 Å². The Morgan fingerprint density at radius 3 is 2.83 bits per heavy atom. The van der Waals surface area contributed by atoms with Gasteiger partial charge >= 0.3 is 6.03 Å². The fourth-order valence-corrected chi connectivity index (χ4v) is 3.42. The number of nitrogens with zero attached hydrogens (tertiary/aromatic N) is 1. The molecule has 6 heteroatoms. The van der Waals surface area contributed by atoms with Crippen LogP contribution in [0.2, 0.25) is 0 Å². The van der Waals surface area contributed by atoms with E-state index >= 15 is 0 Å². The second kappa shape index (κ2) is 6.26. The molecule has 6 nitrogen and oxygen atoms in total. The Kier molecular flexibility index (Phi) is 4.30. The van der Waals surface area contributed by atoms with Gasteiger partial charge in [0.2, 0.25) is 5.91 Å². The van der Waals surface area contributed by atoms with E-state index in [9.17, 15) is 14.4 Å². The third-order valence-corrected chi connectivity index (χ3v) is 5.06. The van der Waals surface area contributed by atoms with E-state index in [0.717, 1.165) is 29.7 Å². The molecular formula is C18H23N3O3. The van der Waals surface area contributed by atoms with E-state index in [0.29, 0.717) is 6.42 Å². The van der Waals surface area contributed by atoms with Gasteiger partial charge in [-0.25, -0.2) is 4.79 Å². The number of carbonyl (C=O) groups is 3. The van der Waals surface area contributed by atoms with Crippen LogP contribution in [0.3, 0.4) is 0 Å². The highest BCUT2D eigenvalue weighted by molar-refractivity contribution is 6.08. The summed E-state index contributed by atoms with van der Waals surface area (Å²) in [6.07, 6.45) is 3.39. The number of urea groups is 1. The first-order chi connectivity index (χ1) is 11.4. The largest absolute Gasteiger partial charge is 0.348 e. The first-order valence-corrected chi connectivity index (χ1v) is 8.46. The summed E-state index contributed by atoms with van der Waals surface area (Å²) in [6.45, 7) is 3.28. The summed E-state index contributed by atoms with van der Waals surface area (Å²) in [7, 11) is 0. The first-order valence-electron chi connectivity index (χ1n) is 8.46. The monoisotopic (exact) mass is 329 g/mol. The molecule has 4 amide bonds. The van der Waals surface area contributed by atoms with Gasteiger partial charge in [-0.15, -0.1) is 0 Å². The van der Waals surface area contributed by atoms with Gasteiger partial charge in [-0.05, 0) is 43.7 Å². The normalized spacial score (nSPS) is 26.1. The Morgan fingerprint density at radius 2 is 2.12 bits per heavy atom. The molecule has 2 N–H and O–H groups in total. The average Bonchev–Trinajstić information content (AvgIpc) is 2.79. The predicted octanol–water partition coefficient (Wildman–Crippen LogP) is 1.90. The SMILES string of the molecule is CC[C@@]1(C)NC(=O)N(CC(=O)N[C@H]2CCCc3ccccc32)C1=O. The van der Waals surface area contributed by atoms with Crippen LogP contribution in [0.1, 0.15) is 50.3 Å². The van der Waals surface area contributed by atoms with Crippen molar-refractivity contribution in [2.75, 3.05) is 6.54 Å². The van der Waals surface area contributed by atoms with Crippen LogP contribution < -0.4 is 10.6 Å². The number of amides is 4. The predicted molar refractivity (Wildman–Crippen MR) is 89.2 cm³/mol. The minimum atomic E-state index is -0.908. The fourth-order valence-electron chi connectivity index (χ4n) is 3.42. The number of imide groups is 1. The van der Waals surface area contributed by atoms with E-state index in [2.05, 4.69) is 16.7 Å². The Balaban J connectivity index is 1.67. The molecule has 1 aromatic rings. The van der Waals surface area contributed by atoms with Crippen molar-refractivity contribution in [3.8, 4) is 0 Å². The Hall–Kier alpha value is -2.37. The number of benzene rings is 1. The second-order valence-electron chi connectivity index (χ2n) is 6.72. The lowest BCUT2D eigenvalue weighted by molar-refractivity contribution is -0.134. The van der Waals surface area contributed by atoms with Crippen LogP contribution in [0.15, 0.2) is 24.3 Å². The minimum absolute atomic E-state index is 0.0548. The summed E-state index contributed by atoms with van der Waals surface area (Å²) >= 11 is 0. The van der Waals surface area contributed by atoms with Crippen LogP contribution >= 0.6 is 0 Å². The summed E-state index contributed by atoms with van der Waals surface area (Å²) in [5.74, 6) is -0.644. The van der Waals surface area contributed by atoms with Crippen molar-refractivity contribution >= 4 is 17.8 Å². The molecule has 0 unspecified atom stereocenters. The van der Waals surface area contributed by atoms with Crippen LogP contribution in [0.25, 0.3) is 0 Å². The first kappa shape index (κ1) is 16.5. The number of hydrogen-bond donors (Lipinski definition) is 2. The highest BCUT2D eigenvalue weighted by atomic mass is 16.2. The van der Waals surface area contributed by atoms with Crippen LogP contribution in [0.4, 0.5) is 4.79 Å². The number of fused-ring (bicyclic) bond motifs is 1. The van der Waals surface area contributed by atoms with Gasteiger partial charge < -0.3 is 10.6 Å². The van der Waals surface area contributed by atoms with Gasteiger partial charge in [-0.2, -0.15) is 0 Å². The second-order valence-corrected chi connectivity index (χ2v) is 6.72. The van der Waals surface area contributed by atoms with E-state index in [-0.39, 0.29) is 24.4 Å². The summed E-state index contributed by atoms with van der Waals surface area (Å²) < 4.78 is 0. The molecule has 1 aliphatic heterocycles. The van der Waals surface area contributed by atoms with Crippen LogP contribution in [-0.2, 0) is 16.0 Å². The van der Waals surface area contributed by atoms with Gasteiger partial charge in [0.05, 0.1) is 6.04 Å². The molecule has 1 aliphatic carbocycles. The molecule has 2 aliphatic rings. The van der Waals surface area contributed by atoms with E-state index < -0.39 is 11.6 Å². The van der Waals surface area contributed by atoms with Gasteiger partial charge in [0.15, 0.2) is 0 Å². The maximum absolute atomic E-state index is 12.4. The zero-order valence-electron chi connectivity index (χ0n) is 14.1. The van der Waals surface area contributed by atoms with Gasteiger partial charge in [0.1, 0.15) is 12.1 Å². The molecule has 0 aromatic heterocycles. The van der Waals surface area contributed by atoms with E-state index in [1.54, 1.807) is 6.92 Å². The Bertz CT molecular complexity index is 688. The van der Waals surface area contributed by atoms with Crippen molar-refractivity contribution < 1.29 is 14.4 Å². The zero-order valence-corrected chi connectivity index (χ0v) is 14.1. The molecular weight excluding hydrogens is 306 g/mol. The molecule has 1 saturated heterocycles. The quantitative estimate of drug-likeness (QED) is 0.828. The van der Waals surface area contributed by atoms with Crippen molar-refractivity contribution in [1.29, 1.82) is 0 Å².